The molecule has 0 aromatic heterocycles. The summed E-state index contributed by atoms with van der Waals surface area (Å²) >= 11 is 1.91. The maximum atomic E-state index is 11.2. The van der Waals surface area contributed by atoms with Crippen LogP contribution in [0, 0.1) is 5.92 Å². The first kappa shape index (κ1) is 11.6. The molecule has 1 aliphatic rings. The van der Waals surface area contributed by atoms with Crippen LogP contribution in [0.4, 0.5) is 0 Å². The van der Waals surface area contributed by atoms with Gasteiger partial charge in [-0.3, -0.25) is 4.79 Å². The predicted molar refractivity (Wildman–Crippen MR) is 60.7 cm³/mol. The van der Waals surface area contributed by atoms with Gasteiger partial charge >= 0.3 is 0 Å². The highest BCUT2D eigenvalue weighted by molar-refractivity contribution is 7.99. The number of thioether (sulfide) groups is 1. The standard InChI is InChI=1S/C11H18O2S/c1-3-14-8(2)4-9-5-10(12)7-11(13)6-9/h7-9,12H,3-6H2,1-2H3/t8-,9+/m0/s1. The smallest absolute Gasteiger partial charge is 0.159 e. The molecule has 3 heteroatoms. The normalized spacial score (nSPS) is 24.6. The molecule has 0 fully saturated rings. The Kier molecular flexibility index (Phi) is 4.52. The van der Waals surface area contributed by atoms with Crippen LogP contribution in [0.2, 0.25) is 0 Å². The van der Waals surface area contributed by atoms with Crippen molar-refractivity contribution in [2.45, 2.75) is 38.4 Å². The van der Waals surface area contributed by atoms with Crippen LogP contribution in [-0.2, 0) is 4.79 Å². The average Bonchev–Trinajstić information content (AvgIpc) is 2.01. The number of hydrogen-bond acceptors (Lipinski definition) is 3. The number of carbonyl (C=O) groups is 1. The van der Waals surface area contributed by atoms with Crippen molar-refractivity contribution in [3.05, 3.63) is 11.8 Å². The monoisotopic (exact) mass is 214 g/mol. The average molecular weight is 214 g/mol. The Balaban J connectivity index is 2.39. The molecule has 0 radical (unpaired) electrons. The zero-order chi connectivity index (χ0) is 10.6. The molecule has 0 aliphatic heterocycles. The van der Waals surface area contributed by atoms with Crippen molar-refractivity contribution in [2.24, 2.45) is 5.92 Å². The molecular formula is C11H18O2S. The Morgan fingerprint density at radius 1 is 1.64 bits per heavy atom. The van der Waals surface area contributed by atoms with Gasteiger partial charge in [0.05, 0.1) is 5.76 Å². The van der Waals surface area contributed by atoms with Gasteiger partial charge in [-0.25, -0.2) is 0 Å². The highest BCUT2D eigenvalue weighted by Crippen LogP contribution is 2.28. The number of hydrogen-bond donors (Lipinski definition) is 1. The lowest BCUT2D eigenvalue weighted by molar-refractivity contribution is -0.116. The minimum atomic E-state index is 0.0763. The summed E-state index contributed by atoms with van der Waals surface area (Å²) in [7, 11) is 0. The topological polar surface area (TPSA) is 37.3 Å². The molecule has 2 nitrogen and oxygen atoms in total. The van der Waals surface area contributed by atoms with E-state index in [1.54, 1.807) is 0 Å². The fraction of sp³-hybridized carbons (Fsp3) is 0.727. The zero-order valence-electron chi connectivity index (χ0n) is 8.82. The summed E-state index contributed by atoms with van der Waals surface area (Å²) in [5.74, 6) is 1.80. The lowest BCUT2D eigenvalue weighted by Gasteiger charge is -2.21. The van der Waals surface area contributed by atoms with Gasteiger partial charge in [0.15, 0.2) is 5.78 Å². The molecule has 0 amide bonds. The van der Waals surface area contributed by atoms with Crippen molar-refractivity contribution in [1.82, 2.24) is 0 Å². The Morgan fingerprint density at radius 2 is 2.36 bits per heavy atom. The van der Waals surface area contributed by atoms with E-state index in [2.05, 4.69) is 13.8 Å². The summed E-state index contributed by atoms with van der Waals surface area (Å²) in [6, 6.07) is 0. The van der Waals surface area contributed by atoms with Crippen LogP contribution in [0.1, 0.15) is 33.1 Å². The largest absolute Gasteiger partial charge is 0.512 e. The third-order valence-electron chi connectivity index (χ3n) is 2.43. The molecule has 2 atom stereocenters. The zero-order valence-corrected chi connectivity index (χ0v) is 9.64. The number of ketones is 1. The first-order valence-electron chi connectivity index (χ1n) is 5.15. The number of rotatable bonds is 4. The lowest BCUT2D eigenvalue weighted by Crippen LogP contribution is -2.17. The quantitative estimate of drug-likeness (QED) is 0.781. The van der Waals surface area contributed by atoms with Gasteiger partial charge < -0.3 is 5.11 Å². The lowest BCUT2D eigenvalue weighted by atomic mass is 9.89. The molecule has 80 valence electrons. The van der Waals surface area contributed by atoms with Crippen LogP contribution in [-0.4, -0.2) is 21.9 Å². The maximum Gasteiger partial charge on any atom is 0.159 e. The van der Waals surface area contributed by atoms with E-state index in [4.69, 9.17) is 0 Å². The van der Waals surface area contributed by atoms with E-state index in [1.807, 2.05) is 11.8 Å². The third kappa shape index (κ3) is 3.74. The Morgan fingerprint density at radius 3 is 2.93 bits per heavy atom. The summed E-state index contributed by atoms with van der Waals surface area (Å²) < 4.78 is 0. The molecule has 0 heterocycles. The number of allylic oxidation sites excluding steroid dienone is 2. The van der Waals surface area contributed by atoms with E-state index >= 15 is 0 Å². The molecular weight excluding hydrogens is 196 g/mol. The first-order chi connectivity index (χ1) is 6.61. The van der Waals surface area contributed by atoms with E-state index in [-0.39, 0.29) is 11.5 Å². The summed E-state index contributed by atoms with van der Waals surface area (Å²) in [6.45, 7) is 4.33. The first-order valence-corrected chi connectivity index (χ1v) is 6.20. The SMILES string of the molecule is CCS[C@@H](C)C[C@H]1CC(=O)C=C(O)C1. The molecule has 14 heavy (non-hydrogen) atoms. The summed E-state index contributed by atoms with van der Waals surface area (Å²) in [5, 5.41) is 9.91. The van der Waals surface area contributed by atoms with Crippen molar-refractivity contribution in [3.63, 3.8) is 0 Å². The molecule has 0 aromatic rings. The van der Waals surface area contributed by atoms with Crippen LogP contribution in [0.25, 0.3) is 0 Å². The van der Waals surface area contributed by atoms with Crippen molar-refractivity contribution >= 4 is 17.5 Å². The fourth-order valence-corrected chi connectivity index (χ4v) is 2.92. The minimum absolute atomic E-state index is 0.0763. The van der Waals surface area contributed by atoms with Gasteiger partial charge in [-0.2, -0.15) is 11.8 Å². The predicted octanol–water partition coefficient (Wildman–Crippen LogP) is 2.94. The van der Waals surface area contributed by atoms with E-state index < -0.39 is 0 Å². The highest BCUT2D eigenvalue weighted by atomic mass is 32.2. The Bertz CT molecular complexity index is 235. The van der Waals surface area contributed by atoms with Crippen LogP contribution >= 0.6 is 11.8 Å². The second-order valence-corrected chi connectivity index (χ2v) is 5.59. The molecule has 0 spiro atoms. The van der Waals surface area contributed by atoms with Gasteiger partial charge in [0.2, 0.25) is 0 Å². The minimum Gasteiger partial charge on any atom is -0.512 e. The van der Waals surface area contributed by atoms with Gasteiger partial charge in [-0.05, 0) is 18.1 Å². The molecule has 0 saturated carbocycles. The van der Waals surface area contributed by atoms with Gasteiger partial charge in [0.25, 0.3) is 0 Å². The van der Waals surface area contributed by atoms with Crippen LogP contribution < -0.4 is 0 Å². The fourth-order valence-electron chi connectivity index (χ4n) is 1.94. The summed E-state index contributed by atoms with van der Waals surface area (Å²) in [4.78, 5) is 11.2. The molecule has 1 aliphatic carbocycles. The van der Waals surface area contributed by atoms with Crippen molar-refractivity contribution in [3.8, 4) is 0 Å². The van der Waals surface area contributed by atoms with E-state index in [0.29, 0.717) is 24.0 Å². The van der Waals surface area contributed by atoms with Crippen LogP contribution in [0.3, 0.4) is 0 Å². The van der Waals surface area contributed by atoms with E-state index in [9.17, 15) is 9.90 Å². The Hall–Kier alpha value is -0.440. The van der Waals surface area contributed by atoms with Gasteiger partial charge in [-0.15, -0.1) is 0 Å². The molecule has 0 aromatic carbocycles. The van der Waals surface area contributed by atoms with Gasteiger partial charge in [0, 0.05) is 24.2 Å². The number of aliphatic hydroxyl groups is 1. The van der Waals surface area contributed by atoms with Crippen molar-refractivity contribution < 1.29 is 9.90 Å². The Labute approximate surface area is 89.8 Å². The summed E-state index contributed by atoms with van der Waals surface area (Å²) in [5.41, 5.74) is 0. The van der Waals surface area contributed by atoms with Crippen LogP contribution in [0.5, 0.6) is 0 Å². The number of carbonyl (C=O) groups excluding carboxylic acids is 1. The van der Waals surface area contributed by atoms with Crippen molar-refractivity contribution in [2.75, 3.05) is 5.75 Å². The number of aliphatic hydroxyl groups excluding tert-OH is 1. The van der Waals surface area contributed by atoms with E-state index in [1.165, 1.54) is 6.08 Å². The maximum absolute atomic E-state index is 11.2. The van der Waals surface area contributed by atoms with E-state index in [0.717, 1.165) is 12.2 Å². The van der Waals surface area contributed by atoms with Gasteiger partial charge in [0.1, 0.15) is 0 Å². The molecule has 0 unspecified atom stereocenters. The molecule has 1 rings (SSSR count). The highest BCUT2D eigenvalue weighted by Gasteiger charge is 2.21. The second-order valence-electron chi connectivity index (χ2n) is 3.88. The molecule has 0 saturated heterocycles. The van der Waals surface area contributed by atoms with Crippen LogP contribution in [0.15, 0.2) is 11.8 Å². The second kappa shape index (κ2) is 5.44. The molecule has 1 N–H and O–H groups in total. The van der Waals surface area contributed by atoms with Crippen molar-refractivity contribution in [1.29, 1.82) is 0 Å². The molecule has 0 bridgehead atoms. The summed E-state index contributed by atoms with van der Waals surface area (Å²) in [6.07, 6.45) is 3.69. The van der Waals surface area contributed by atoms with Gasteiger partial charge in [-0.1, -0.05) is 13.8 Å². The third-order valence-corrected chi connectivity index (χ3v) is 3.53.